The molecule has 0 saturated heterocycles. The van der Waals surface area contributed by atoms with Crippen molar-refractivity contribution in [3.05, 3.63) is 65.7 Å². The first-order valence-electron chi connectivity index (χ1n) is 8.84. The number of quaternary nitrogens is 1. The van der Waals surface area contributed by atoms with Gasteiger partial charge in [-0.3, -0.25) is 0 Å². The number of benzene rings is 2. The van der Waals surface area contributed by atoms with Gasteiger partial charge in [0.05, 0.1) is 5.54 Å². The minimum Gasteiger partial charge on any atom is -0.489 e. The summed E-state index contributed by atoms with van der Waals surface area (Å²) < 4.78 is 5.85. The molecule has 0 aliphatic heterocycles. The highest BCUT2D eigenvalue weighted by atomic mass is 16.5. The number of ether oxygens (including phenoxy) is 1. The van der Waals surface area contributed by atoms with Gasteiger partial charge in [0.15, 0.2) is 0 Å². The average molecular weight is 327 g/mol. The average Bonchev–Trinajstić information content (AvgIpc) is 2.51. The second-order valence-electron chi connectivity index (χ2n) is 8.55. The highest BCUT2D eigenvalue weighted by Crippen LogP contribution is 2.24. The lowest BCUT2D eigenvalue weighted by molar-refractivity contribution is -0.737. The lowest BCUT2D eigenvalue weighted by Crippen LogP contribution is -2.94. The summed E-state index contributed by atoms with van der Waals surface area (Å²) >= 11 is 0. The van der Waals surface area contributed by atoms with Crippen LogP contribution in [-0.4, -0.2) is 5.54 Å². The van der Waals surface area contributed by atoms with Crippen LogP contribution in [0.5, 0.6) is 5.75 Å². The van der Waals surface area contributed by atoms with E-state index in [1.807, 2.05) is 18.2 Å². The third-order valence-corrected chi connectivity index (χ3v) is 4.05. The maximum Gasteiger partial charge on any atom is 0.119 e. The number of hydrogen-bond donors (Lipinski definition) is 1. The normalized spacial score (nSPS) is 12.2. The second-order valence-corrected chi connectivity index (χ2v) is 8.55. The Bertz CT molecular complexity index is 609. The van der Waals surface area contributed by atoms with E-state index in [4.69, 9.17) is 4.74 Å². The molecule has 0 aliphatic carbocycles. The Morgan fingerprint density at radius 3 is 2.00 bits per heavy atom. The van der Waals surface area contributed by atoms with E-state index in [9.17, 15) is 0 Å². The van der Waals surface area contributed by atoms with Crippen molar-refractivity contribution in [2.24, 2.45) is 5.41 Å². The van der Waals surface area contributed by atoms with Crippen molar-refractivity contribution in [1.29, 1.82) is 0 Å². The van der Waals surface area contributed by atoms with Crippen molar-refractivity contribution in [2.45, 2.75) is 59.7 Å². The van der Waals surface area contributed by atoms with Crippen molar-refractivity contribution in [3.8, 4) is 5.75 Å². The monoisotopic (exact) mass is 326 g/mol. The molecule has 2 rings (SSSR count). The Balaban J connectivity index is 1.83. The van der Waals surface area contributed by atoms with E-state index < -0.39 is 0 Å². The van der Waals surface area contributed by atoms with E-state index in [-0.39, 0.29) is 5.54 Å². The van der Waals surface area contributed by atoms with Gasteiger partial charge in [0.1, 0.15) is 18.9 Å². The molecule has 0 radical (unpaired) electrons. The van der Waals surface area contributed by atoms with E-state index in [2.05, 4.69) is 76.3 Å². The maximum atomic E-state index is 5.85. The van der Waals surface area contributed by atoms with E-state index in [1.54, 1.807) is 0 Å². The topological polar surface area (TPSA) is 25.8 Å². The van der Waals surface area contributed by atoms with Crippen LogP contribution < -0.4 is 10.1 Å². The number of rotatable bonds is 7. The first-order chi connectivity index (χ1) is 11.2. The Kier molecular flexibility index (Phi) is 6.06. The molecule has 0 aliphatic rings. The summed E-state index contributed by atoms with van der Waals surface area (Å²) in [6.07, 6.45) is 1.19. The summed E-state index contributed by atoms with van der Waals surface area (Å²) in [5.74, 6) is 0.927. The molecule has 0 aromatic heterocycles. The summed E-state index contributed by atoms with van der Waals surface area (Å²) in [6.45, 7) is 13.2. The van der Waals surface area contributed by atoms with Crippen LogP contribution in [0.1, 0.15) is 52.2 Å². The Morgan fingerprint density at radius 2 is 1.42 bits per heavy atom. The van der Waals surface area contributed by atoms with E-state index >= 15 is 0 Å². The van der Waals surface area contributed by atoms with Crippen LogP contribution >= 0.6 is 0 Å². The van der Waals surface area contributed by atoms with Crippen molar-refractivity contribution in [2.75, 3.05) is 0 Å². The lowest BCUT2D eigenvalue weighted by atomic mass is 9.82. The standard InChI is InChI=1S/C22H31NO/c1-21(2,3)17-22(4,5)23-15-18-11-13-20(14-12-18)24-16-19-9-7-6-8-10-19/h6-14,23H,15-17H2,1-5H3/p+1. The molecule has 0 amide bonds. The van der Waals surface area contributed by atoms with Crippen molar-refractivity contribution < 1.29 is 10.1 Å². The zero-order chi connectivity index (χ0) is 17.6. The van der Waals surface area contributed by atoms with Crippen LogP contribution in [0.4, 0.5) is 0 Å². The maximum absolute atomic E-state index is 5.85. The Labute approximate surface area is 147 Å². The zero-order valence-corrected chi connectivity index (χ0v) is 15.8. The Morgan fingerprint density at radius 1 is 0.792 bits per heavy atom. The highest BCUT2D eigenvalue weighted by molar-refractivity contribution is 5.27. The molecule has 0 unspecified atom stereocenters. The first kappa shape index (κ1) is 18.5. The van der Waals surface area contributed by atoms with Crippen LogP contribution in [0, 0.1) is 5.41 Å². The molecule has 2 aromatic carbocycles. The molecular weight excluding hydrogens is 294 g/mol. The molecule has 2 nitrogen and oxygen atoms in total. The molecule has 0 saturated carbocycles. The van der Waals surface area contributed by atoms with Gasteiger partial charge < -0.3 is 10.1 Å². The fraction of sp³-hybridized carbons (Fsp3) is 0.455. The smallest absolute Gasteiger partial charge is 0.119 e. The summed E-state index contributed by atoms with van der Waals surface area (Å²) in [7, 11) is 0. The van der Waals surface area contributed by atoms with E-state index in [0.717, 1.165) is 12.3 Å². The first-order valence-corrected chi connectivity index (χ1v) is 8.84. The molecule has 130 valence electrons. The van der Waals surface area contributed by atoms with Gasteiger partial charge in [-0.15, -0.1) is 0 Å². The molecule has 2 N–H and O–H groups in total. The largest absolute Gasteiger partial charge is 0.489 e. The summed E-state index contributed by atoms with van der Waals surface area (Å²) in [4.78, 5) is 0. The molecule has 0 heterocycles. The molecule has 2 aromatic rings. The quantitative estimate of drug-likeness (QED) is 0.794. The molecule has 0 atom stereocenters. The molecule has 0 spiro atoms. The van der Waals surface area contributed by atoms with Gasteiger partial charge in [-0.25, -0.2) is 0 Å². The fourth-order valence-corrected chi connectivity index (χ4v) is 3.30. The van der Waals surface area contributed by atoms with Gasteiger partial charge in [-0.05, 0) is 49.1 Å². The van der Waals surface area contributed by atoms with Crippen molar-refractivity contribution in [1.82, 2.24) is 0 Å². The van der Waals surface area contributed by atoms with Crippen molar-refractivity contribution in [3.63, 3.8) is 0 Å². The van der Waals surface area contributed by atoms with E-state index in [0.29, 0.717) is 12.0 Å². The summed E-state index contributed by atoms with van der Waals surface area (Å²) in [5, 5.41) is 2.44. The lowest BCUT2D eigenvalue weighted by Gasteiger charge is -2.30. The van der Waals surface area contributed by atoms with Gasteiger partial charge in [-0.1, -0.05) is 51.1 Å². The van der Waals surface area contributed by atoms with Gasteiger partial charge in [0.25, 0.3) is 0 Å². The summed E-state index contributed by atoms with van der Waals surface area (Å²) in [5.41, 5.74) is 3.14. The summed E-state index contributed by atoms with van der Waals surface area (Å²) in [6, 6.07) is 18.8. The van der Waals surface area contributed by atoms with Crippen molar-refractivity contribution >= 4 is 0 Å². The minimum atomic E-state index is 0.251. The third-order valence-electron chi connectivity index (χ3n) is 4.05. The predicted octanol–water partition coefficient (Wildman–Crippen LogP) is 4.54. The van der Waals surface area contributed by atoms with Crippen LogP contribution in [-0.2, 0) is 13.2 Å². The van der Waals surface area contributed by atoms with Crippen LogP contribution in [0.25, 0.3) is 0 Å². The molecule has 24 heavy (non-hydrogen) atoms. The highest BCUT2D eigenvalue weighted by Gasteiger charge is 2.28. The number of nitrogens with two attached hydrogens (primary N) is 1. The predicted molar refractivity (Wildman–Crippen MR) is 101 cm³/mol. The minimum absolute atomic E-state index is 0.251. The number of hydrogen-bond acceptors (Lipinski definition) is 1. The third kappa shape index (κ3) is 6.76. The Hall–Kier alpha value is -1.80. The van der Waals surface area contributed by atoms with E-state index in [1.165, 1.54) is 17.5 Å². The van der Waals surface area contributed by atoms with Gasteiger partial charge >= 0.3 is 0 Å². The van der Waals surface area contributed by atoms with Crippen LogP contribution in [0.15, 0.2) is 54.6 Å². The molecule has 0 fully saturated rings. The molecule has 0 bridgehead atoms. The zero-order valence-electron chi connectivity index (χ0n) is 15.8. The van der Waals surface area contributed by atoms with Crippen LogP contribution in [0.2, 0.25) is 0 Å². The van der Waals surface area contributed by atoms with Gasteiger partial charge in [0.2, 0.25) is 0 Å². The SMILES string of the molecule is CC(C)(C)CC(C)(C)[NH2+]Cc1ccc(OCc2ccccc2)cc1. The van der Waals surface area contributed by atoms with Crippen LogP contribution in [0.3, 0.4) is 0 Å². The fourth-order valence-electron chi connectivity index (χ4n) is 3.30. The molecular formula is C22H32NO+. The molecule has 2 heteroatoms. The van der Waals surface area contributed by atoms with Gasteiger partial charge in [0, 0.05) is 12.0 Å². The van der Waals surface area contributed by atoms with Gasteiger partial charge in [-0.2, -0.15) is 0 Å². The second kappa shape index (κ2) is 7.85.